The molecule has 1 aromatic carbocycles. The van der Waals surface area contributed by atoms with Crippen molar-refractivity contribution in [3.05, 3.63) is 41.0 Å². The van der Waals surface area contributed by atoms with Crippen LogP contribution in [0.4, 0.5) is 11.4 Å². The van der Waals surface area contributed by atoms with E-state index in [2.05, 4.69) is 9.98 Å². The van der Waals surface area contributed by atoms with Gasteiger partial charge in [-0.1, -0.05) is 0 Å². The van der Waals surface area contributed by atoms with Crippen LogP contribution in [0.15, 0.2) is 35.8 Å². The van der Waals surface area contributed by atoms with Crippen LogP contribution in [0.25, 0.3) is 5.69 Å². The van der Waals surface area contributed by atoms with Crippen LogP contribution < -0.4 is 10.5 Å². The molecule has 0 aliphatic carbocycles. The van der Waals surface area contributed by atoms with Crippen molar-refractivity contribution in [2.24, 2.45) is 10.7 Å². The number of nitrogens with two attached hydrogens (primary N) is 1. The van der Waals surface area contributed by atoms with Crippen molar-refractivity contribution in [1.29, 1.82) is 0 Å². The van der Waals surface area contributed by atoms with Crippen LogP contribution in [0, 0.1) is 10.1 Å². The largest absolute Gasteiger partial charge is 0.480 e. The van der Waals surface area contributed by atoms with Crippen molar-refractivity contribution in [2.75, 3.05) is 0 Å². The molecule has 1 aliphatic heterocycles. The summed E-state index contributed by atoms with van der Waals surface area (Å²) in [5.41, 5.74) is 6.48. The fraction of sp³-hybridized carbons (Fsp3) is 0.167. The molecule has 3 rings (SSSR count). The number of hydrogen-bond acceptors (Lipinski definition) is 6. The van der Waals surface area contributed by atoms with Gasteiger partial charge in [-0.05, 0) is 13.0 Å². The van der Waals surface area contributed by atoms with E-state index >= 15 is 0 Å². The second-order valence-electron chi connectivity index (χ2n) is 4.33. The van der Waals surface area contributed by atoms with Gasteiger partial charge in [0.2, 0.25) is 0 Å². The number of rotatable bonds is 2. The van der Waals surface area contributed by atoms with Gasteiger partial charge in [-0.25, -0.2) is 9.98 Å². The lowest BCUT2D eigenvalue weighted by Crippen LogP contribution is -2.33. The molecule has 2 heterocycles. The van der Waals surface area contributed by atoms with Crippen molar-refractivity contribution in [2.45, 2.75) is 13.0 Å². The van der Waals surface area contributed by atoms with Gasteiger partial charge in [0.05, 0.1) is 17.3 Å². The molecule has 0 spiro atoms. The SMILES string of the molecule is CC1Oc2cc([N+](=O)[O-])c(-n3ccnc3)cc2N=C1N. The van der Waals surface area contributed by atoms with Crippen molar-refractivity contribution < 1.29 is 9.66 Å². The maximum atomic E-state index is 11.2. The zero-order chi connectivity index (χ0) is 14.3. The third kappa shape index (κ3) is 1.87. The van der Waals surface area contributed by atoms with E-state index in [1.165, 1.54) is 12.4 Å². The van der Waals surface area contributed by atoms with E-state index in [4.69, 9.17) is 10.5 Å². The minimum absolute atomic E-state index is 0.0791. The predicted octanol–water partition coefficient (Wildman–Crippen LogP) is 1.55. The summed E-state index contributed by atoms with van der Waals surface area (Å²) in [6.45, 7) is 1.73. The summed E-state index contributed by atoms with van der Waals surface area (Å²) in [6.07, 6.45) is 4.24. The quantitative estimate of drug-likeness (QED) is 0.659. The second-order valence-corrected chi connectivity index (χ2v) is 4.33. The predicted molar refractivity (Wildman–Crippen MR) is 71.6 cm³/mol. The zero-order valence-electron chi connectivity index (χ0n) is 10.6. The number of aliphatic imine (C=N–C) groups is 1. The summed E-state index contributed by atoms with van der Waals surface area (Å²) in [5, 5.41) is 11.2. The number of nitro groups is 1. The van der Waals surface area contributed by atoms with Gasteiger partial charge in [0.25, 0.3) is 5.69 Å². The number of amidine groups is 1. The van der Waals surface area contributed by atoms with E-state index in [0.29, 0.717) is 23.0 Å². The van der Waals surface area contributed by atoms with E-state index in [9.17, 15) is 10.1 Å². The Kier molecular flexibility index (Phi) is 2.63. The fourth-order valence-corrected chi connectivity index (χ4v) is 1.96. The lowest BCUT2D eigenvalue weighted by atomic mass is 10.2. The molecular formula is C12H11N5O3. The average Bonchev–Trinajstić information content (AvgIpc) is 2.92. The van der Waals surface area contributed by atoms with Gasteiger partial charge in [-0.3, -0.25) is 10.1 Å². The summed E-state index contributed by atoms with van der Waals surface area (Å²) in [6, 6.07) is 2.92. The highest BCUT2D eigenvalue weighted by molar-refractivity contribution is 5.90. The Labute approximate surface area is 113 Å². The standard InChI is InChI=1S/C12H11N5O3/c1-7-12(13)15-8-4-9(16-3-2-14-6-16)10(17(18)19)5-11(8)20-7/h2-7H,1H3,(H2,13,15). The number of nitro benzene ring substituents is 1. The molecule has 102 valence electrons. The van der Waals surface area contributed by atoms with Crippen LogP contribution in [-0.4, -0.2) is 26.4 Å². The molecule has 0 radical (unpaired) electrons. The molecule has 2 N–H and O–H groups in total. The number of nitrogens with zero attached hydrogens (tertiary/aromatic N) is 4. The second kappa shape index (κ2) is 4.34. The molecule has 0 fully saturated rings. The molecular weight excluding hydrogens is 262 g/mol. The number of fused-ring (bicyclic) bond motifs is 1. The molecule has 1 aliphatic rings. The summed E-state index contributed by atoms with van der Waals surface area (Å²) in [7, 11) is 0. The van der Waals surface area contributed by atoms with Crippen LogP contribution in [0.1, 0.15) is 6.92 Å². The van der Waals surface area contributed by atoms with E-state index in [-0.39, 0.29) is 5.69 Å². The minimum Gasteiger partial charge on any atom is -0.480 e. The summed E-state index contributed by atoms with van der Waals surface area (Å²) in [4.78, 5) is 18.8. The first-order valence-corrected chi connectivity index (χ1v) is 5.87. The summed E-state index contributed by atoms with van der Waals surface area (Å²) < 4.78 is 7.07. The third-order valence-corrected chi connectivity index (χ3v) is 3.01. The Morgan fingerprint density at radius 3 is 2.95 bits per heavy atom. The highest BCUT2D eigenvalue weighted by Crippen LogP contribution is 2.39. The number of imidazole rings is 1. The molecule has 8 heteroatoms. The van der Waals surface area contributed by atoms with Gasteiger partial charge in [-0.2, -0.15) is 0 Å². The molecule has 1 unspecified atom stereocenters. The monoisotopic (exact) mass is 273 g/mol. The Morgan fingerprint density at radius 1 is 1.50 bits per heavy atom. The van der Waals surface area contributed by atoms with Crippen molar-refractivity contribution in [3.63, 3.8) is 0 Å². The van der Waals surface area contributed by atoms with Gasteiger partial charge in [0.15, 0.2) is 11.9 Å². The first-order chi connectivity index (χ1) is 9.56. The highest BCUT2D eigenvalue weighted by atomic mass is 16.6. The van der Waals surface area contributed by atoms with Gasteiger partial charge in [0, 0.05) is 12.4 Å². The number of benzene rings is 1. The fourth-order valence-electron chi connectivity index (χ4n) is 1.96. The van der Waals surface area contributed by atoms with Gasteiger partial charge < -0.3 is 15.0 Å². The Balaban J connectivity index is 2.22. The van der Waals surface area contributed by atoms with E-state index in [0.717, 1.165) is 0 Å². The van der Waals surface area contributed by atoms with Crippen molar-refractivity contribution in [1.82, 2.24) is 9.55 Å². The van der Waals surface area contributed by atoms with Crippen LogP contribution in [0.2, 0.25) is 0 Å². The normalized spacial score (nSPS) is 17.1. The van der Waals surface area contributed by atoms with Crippen molar-refractivity contribution >= 4 is 17.2 Å². The third-order valence-electron chi connectivity index (χ3n) is 3.01. The first kappa shape index (κ1) is 12.2. The lowest BCUT2D eigenvalue weighted by Gasteiger charge is -2.21. The summed E-state index contributed by atoms with van der Waals surface area (Å²) >= 11 is 0. The van der Waals surface area contributed by atoms with E-state index in [1.807, 2.05) is 0 Å². The smallest absolute Gasteiger partial charge is 0.297 e. The molecule has 0 amide bonds. The van der Waals surface area contributed by atoms with Crippen LogP contribution in [0.5, 0.6) is 5.75 Å². The van der Waals surface area contributed by atoms with Crippen molar-refractivity contribution in [3.8, 4) is 11.4 Å². The average molecular weight is 273 g/mol. The van der Waals surface area contributed by atoms with Gasteiger partial charge in [-0.15, -0.1) is 0 Å². The van der Waals surface area contributed by atoms with E-state index < -0.39 is 11.0 Å². The maximum Gasteiger partial charge on any atom is 0.297 e. The maximum absolute atomic E-state index is 11.2. The zero-order valence-corrected chi connectivity index (χ0v) is 10.6. The number of aromatic nitrogens is 2. The van der Waals surface area contributed by atoms with Gasteiger partial charge in [0.1, 0.15) is 17.2 Å². The summed E-state index contributed by atoms with van der Waals surface area (Å²) in [5.74, 6) is 0.685. The number of hydrogen-bond donors (Lipinski definition) is 1. The molecule has 0 bridgehead atoms. The van der Waals surface area contributed by atoms with Crippen LogP contribution in [0.3, 0.4) is 0 Å². The minimum atomic E-state index is -0.467. The number of ether oxygens (including phenoxy) is 1. The molecule has 2 aromatic rings. The Morgan fingerprint density at radius 2 is 2.30 bits per heavy atom. The molecule has 20 heavy (non-hydrogen) atoms. The first-order valence-electron chi connectivity index (χ1n) is 5.87. The highest BCUT2D eigenvalue weighted by Gasteiger charge is 2.25. The lowest BCUT2D eigenvalue weighted by molar-refractivity contribution is -0.384. The van der Waals surface area contributed by atoms with Gasteiger partial charge >= 0.3 is 0 Å². The van der Waals surface area contributed by atoms with E-state index in [1.54, 1.807) is 30.0 Å². The molecule has 0 saturated heterocycles. The topological polar surface area (TPSA) is 109 Å². The molecule has 0 saturated carbocycles. The molecule has 1 atom stereocenters. The molecule has 1 aromatic heterocycles. The Bertz CT molecular complexity index is 708. The van der Waals surface area contributed by atoms with Crippen LogP contribution >= 0.6 is 0 Å². The molecule has 8 nitrogen and oxygen atoms in total. The Hall–Kier alpha value is -2.90. The van der Waals surface area contributed by atoms with Crippen LogP contribution in [-0.2, 0) is 0 Å².